The second-order valence-electron chi connectivity index (χ2n) is 6.90. The van der Waals surface area contributed by atoms with Crippen LogP contribution in [0, 0.1) is 12.7 Å². The van der Waals surface area contributed by atoms with Crippen LogP contribution >= 0.6 is 0 Å². The van der Waals surface area contributed by atoms with Crippen LogP contribution in [-0.2, 0) is 22.7 Å². The Morgan fingerprint density at radius 3 is 2.23 bits per heavy atom. The van der Waals surface area contributed by atoms with Gasteiger partial charge >= 0.3 is 6.18 Å². The van der Waals surface area contributed by atoms with Gasteiger partial charge in [0.15, 0.2) is 5.69 Å². The number of aliphatic hydroxyl groups is 1. The molecular formula is C20H19F4N3O3S. The fourth-order valence-electron chi connectivity index (χ4n) is 3.16. The van der Waals surface area contributed by atoms with Gasteiger partial charge < -0.3 is 5.11 Å². The molecule has 0 radical (unpaired) electrons. The zero-order valence-corrected chi connectivity index (χ0v) is 17.1. The topological polar surface area (TPSA) is 98.2 Å². The number of benzene rings is 2. The van der Waals surface area contributed by atoms with Crippen molar-refractivity contribution >= 4 is 10.0 Å². The average Bonchev–Trinajstić information content (AvgIpc) is 3.08. The molecule has 0 bridgehead atoms. The van der Waals surface area contributed by atoms with E-state index in [4.69, 9.17) is 10.2 Å². The summed E-state index contributed by atoms with van der Waals surface area (Å²) < 4.78 is 80.0. The summed E-state index contributed by atoms with van der Waals surface area (Å²) >= 11 is 0. The van der Waals surface area contributed by atoms with Gasteiger partial charge in [-0.15, -0.1) is 0 Å². The van der Waals surface area contributed by atoms with E-state index in [2.05, 4.69) is 5.10 Å². The standard InChI is InChI=1S/C20H19F4N3O3S/c1-12-3-4-14(11-16(12)21)17-18(13-5-7-15(8-6-13)31(25,29)30)26-27(9-2-10-28)19(17)20(22,23)24/h3-8,11,28H,2,9-10H2,1H3,(H2,25,29,30). The number of halogens is 4. The van der Waals surface area contributed by atoms with E-state index in [0.29, 0.717) is 0 Å². The van der Waals surface area contributed by atoms with Crippen LogP contribution < -0.4 is 5.14 Å². The van der Waals surface area contributed by atoms with Crippen molar-refractivity contribution in [1.29, 1.82) is 0 Å². The molecule has 6 nitrogen and oxygen atoms in total. The molecule has 1 aromatic heterocycles. The Morgan fingerprint density at radius 1 is 1.10 bits per heavy atom. The van der Waals surface area contributed by atoms with E-state index in [1.54, 1.807) is 0 Å². The quantitative estimate of drug-likeness (QED) is 0.552. The molecule has 0 amide bonds. The van der Waals surface area contributed by atoms with Crippen molar-refractivity contribution in [3.8, 4) is 22.4 Å². The van der Waals surface area contributed by atoms with Crippen molar-refractivity contribution < 1.29 is 31.1 Å². The molecule has 0 saturated carbocycles. The number of hydrogen-bond acceptors (Lipinski definition) is 4. The SMILES string of the molecule is Cc1ccc(-c2c(-c3ccc(S(N)(=O)=O)cc3)nn(CCCO)c2C(F)(F)F)cc1F. The Kier molecular flexibility index (Phi) is 6.21. The van der Waals surface area contributed by atoms with Crippen LogP contribution in [0.3, 0.4) is 0 Å². The summed E-state index contributed by atoms with van der Waals surface area (Å²) in [5.41, 5.74) is -1.10. The predicted octanol–water partition coefficient (Wildman–Crippen LogP) is 3.71. The minimum Gasteiger partial charge on any atom is -0.396 e. The lowest BCUT2D eigenvalue weighted by atomic mass is 9.97. The largest absolute Gasteiger partial charge is 0.433 e. The van der Waals surface area contributed by atoms with E-state index in [1.165, 1.54) is 31.2 Å². The molecule has 1 heterocycles. The molecule has 166 valence electrons. The summed E-state index contributed by atoms with van der Waals surface area (Å²) in [4.78, 5) is -0.213. The predicted molar refractivity (Wildman–Crippen MR) is 106 cm³/mol. The zero-order chi connectivity index (χ0) is 23.0. The summed E-state index contributed by atoms with van der Waals surface area (Å²) in [5, 5.41) is 18.2. The molecule has 3 N–H and O–H groups in total. The Labute approximate surface area is 176 Å². The third-order valence-corrected chi connectivity index (χ3v) is 5.59. The molecular weight excluding hydrogens is 438 g/mol. The van der Waals surface area contributed by atoms with E-state index in [1.807, 2.05) is 0 Å². The van der Waals surface area contributed by atoms with Crippen molar-refractivity contribution in [2.75, 3.05) is 6.61 Å². The molecule has 0 aliphatic heterocycles. The first-order valence-corrected chi connectivity index (χ1v) is 10.7. The summed E-state index contributed by atoms with van der Waals surface area (Å²) in [7, 11) is -4.00. The molecule has 0 fully saturated rings. The van der Waals surface area contributed by atoms with Crippen molar-refractivity contribution in [2.45, 2.75) is 31.0 Å². The number of aryl methyl sites for hydroxylation is 2. The molecule has 0 aliphatic rings. The molecule has 0 atom stereocenters. The highest BCUT2D eigenvalue weighted by molar-refractivity contribution is 7.89. The number of rotatable bonds is 6. The van der Waals surface area contributed by atoms with Crippen LogP contribution in [0.25, 0.3) is 22.4 Å². The Bertz CT molecular complexity index is 1200. The van der Waals surface area contributed by atoms with E-state index in [9.17, 15) is 26.0 Å². The van der Waals surface area contributed by atoms with Gasteiger partial charge in [-0.05, 0) is 42.7 Å². The minimum atomic E-state index is -4.82. The van der Waals surface area contributed by atoms with Crippen LogP contribution in [0.1, 0.15) is 17.7 Å². The maximum atomic E-state index is 14.2. The zero-order valence-electron chi connectivity index (χ0n) is 16.3. The average molecular weight is 457 g/mol. The maximum Gasteiger partial charge on any atom is 0.433 e. The number of primary sulfonamides is 1. The van der Waals surface area contributed by atoms with Gasteiger partial charge in [0.05, 0.1) is 4.90 Å². The first kappa shape index (κ1) is 22.9. The number of aliphatic hydroxyl groups excluding tert-OH is 1. The fourth-order valence-corrected chi connectivity index (χ4v) is 3.67. The number of alkyl halides is 3. The molecule has 11 heteroatoms. The molecule has 0 unspecified atom stereocenters. The molecule has 2 aromatic carbocycles. The molecule has 3 rings (SSSR count). The summed E-state index contributed by atoms with van der Waals surface area (Å²) in [6, 6.07) is 8.61. The summed E-state index contributed by atoms with van der Waals surface area (Å²) in [6.45, 7) is 0.924. The van der Waals surface area contributed by atoms with Crippen LogP contribution in [-0.4, -0.2) is 29.9 Å². The van der Waals surface area contributed by atoms with Crippen LogP contribution in [0.4, 0.5) is 17.6 Å². The summed E-state index contributed by atoms with van der Waals surface area (Å²) in [6.07, 6.45) is -4.80. The first-order chi connectivity index (χ1) is 14.4. The van der Waals surface area contributed by atoms with E-state index in [0.717, 1.165) is 22.9 Å². The number of nitrogens with zero attached hydrogens (tertiary/aromatic N) is 2. The van der Waals surface area contributed by atoms with Crippen molar-refractivity contribution in [3.05, 3.63) is 59.5 Å². The second kappa shape index (κ2) is 8.40. The third-order valence-electron chi connectivity index (χ3n) is 4.67. The number of sulfonamides is 1. The molecule has 0 saturated heterocycles. The first-order valence-electron chi connectivity index (χ1n) is 9.12. The van der Waals surface area contributed by atoms with Gasteiger partial charge in [-0.25, -0.2) is 17.9 Å². The van der Waals surface area contributed by atoms with Gasteiger partial charge in [0, 0.05) is 24.3 Å². The van der Waals surface area contributed by atoms with Crippen LogP contribution in [0.15, 0.2) is 47.4 Å². The van der Waals surface area contributed by atoms with Gasteiger partial charge in [0.2, 0.25) is 10.0 Å². The number of hydrogen-bond donors (Lipinski definition) is 2. The van der Waals surface area contributed by atoms with E-state index < -0.39 is 27.7 Å². The highest BCUT2D eigenvalue weighted by Crippen LogP contribution is 2.43. The van der Waals surface area contributed by atoms with Crippen molar-refractivity contribution in [2.24, 2.45) is 5.14 Å². The molecule has 0 aliphatic carbocycles. The fraction of sp³-hybridized carbons (Fsp3) is 0.250. The summed E-state index contributed by atoms with van der Waals surface area (Å²) in [5.74, 6) is -0.677. The van der Waals surface area contributed by atoms with Gasteiger partial charge in [-0.1, -0.05) is 24.3 Å². The van der Waals surface area contributed by atoms with Gasteiger partial charge in [-0.2, -0.15) is 18.3 Å². The van der Waals surface area contributed by atoms with Gasteiger partial charge in [-0.3, -0.25) is 4.68 Å². The molecule has 0 spiro atoms. The highest BCUT2D eigenvalue weighted by atomic mass is 32.2. The Hall–Kier alpha value is -2.76. The third kappa shape index (κ3) is 4.78. The number of nitrogens with two attached hydrogens (primary N) is 1. The Balaban J connectivity index is 2.31. The normalized spacial score (nSPS) is 12.4. The van der Waals surface area contributed by atoms with Crippen LogP contribution in [0.5, 0.6) is 0 Å². The van der Waals surface area contributed by atoms with E-state index >= 15 is 0 Å². The molecule has 31 heavy (non-hydrogen) atoms. The Morgan fingerprint density at radius 2 is 1.71 bits per heavy atom. The maximum absolute atomic E-state index is 14.2. The lowest BCUT2D eigenvalue weighted by Gasteiger charge is -2.13. The second-order valence-corrected chi connectivity index (χ2v) is 8.47. The van der Waals surface area contributed by atoms with Crippen molar-refractivity contribution in [1.82, 2.24) is 9.78 Å². The minimum absolute atomic E-state index is 0.0241. The van der Waals surface area contributed by atoms with Gasteiger partial charge in [0.25, 0.3) is 0 Å². The smallest absolute Gasteiger partial charge is 0.396 e. The lowest BCUT2D eigenvalue weighted by molar-refractivity contribution is -0.143. The van der Waals surface area contributed by atoms with Crippen molar-refractivity contribution in [3.63, 3.8) is 0 Å². The van der Waals surface area contributed by atoms with Crippen LogP contribution in [0.2, 0.25) is 0 Å². The monoisotopic (exact) mass is 457 g/mol. The van der Waals surface area contributed by atoms with E-state index in [-0.39, 0.29) is 52.4 Å². The number of aromatic nitrogens is 2. The lowest BCUT2D eigenvalue weighted by Crippen LogP contribution is -2.16. The highest BCUT2D eigenvalue weighted by Gasteiger charge is 2.40. The molecule has 3 aromatic rings. The van der Waals surface area contributed by atoms with Gasteiger partial charge in [0.1, 0.15) is 11.5 Å².